The van der Waals surface area contributed by atoms with Crippen LogP contribution in [0, 0.1) is 5.41 Å². The smallest absolute Gasteiger partial charge is 0.272 e. The van der Waals surface area contributed by atoms with Crippen LogP contribution in [0.25, 0.3) is 0 Å². The molecule has 0 unspecified atom stereocenters. The molecule has 2 heterocycles. The number of aromatic amines is 1. The topological polar surface area (TPSA) is 79.0 Å². The summed E-state index contributed by atoms with van der Waals surface area (Å²) in [5, 5.41) is 13.5. The highest BCUT2D eigenvalue weighted by Gasteiger charge is 2.42. The number of aromatic nitrogens is 2. The minimum Gasteiger partial charge on any atom is -0.382 e. The fourth-order valence-electron chi connectivity index (χ4n) is 2.89. The minimum absolute atomic E-state index is 0. The molecule has 1 aromatic heterocycles. The fraction of sp³-hybridized carbons (Fsp3) is 0.733. The molecule has 1 fully saturated rings. The van der Waals surface area contributed by atoms with Crippen molar-refractivity contribution < 1.29 is 9.53 Å². The van der Waals surface area contributed by atoms with Gasteiger partial charge in [0.05, 0.1) is 0 Å². The second-order valence-corrected chi connectivity index (χ2v) is 6.09. The van der Waals surface area contributed by atoms with Crippen LogP contribution in [0.3, 0.4) is 0 Å². The summed E-state index contributed by atoms with van der Waals surface area (Å²) in [7, 11) is 0. The van der Waals surface area contributed by atoms with Gasteiger partial charge in [-0.25, -0.2) is 0 Å². The van der Waals surface area contributed by atoms with Gasteiger partial charge in [-0.3, -0.25) is 9.89 Å². The van der Waals surface area contributed by atoms with Crippen LogP contribution in [-0.4, -0.2) is 42.4 Å². The van der Waals surface area contributed by atoms with Crippen LogP contribution in [0.2, 0.25) is 0 Å². The van der Waals surface area contributed by atoms with E-state index in [-0.39, 0.29) is 23.7 Å². The Hall–Kier alpha value is -1.11. The summed E-state index contributed by atoms with van der Waals surface area (Å²) in [6.45, 7) is 5.95. The molecule has 124 valence electrons. The molecule has 7 heteroatoms. The van der Waals surface area contributed by atoms with E-state index in [4.69, 9.17) is 4.74 Å². The van der Waals surface area contributed by atoms with Crippen LogP contribution >= 0.6 is 12.4 Å². The number of amides is 1. The lowest BCUT2D eigenvalue weighted by molar-refractivity contribution is 0.0924. The molecule has 1 aromatic rings. The quantitative estimate of drug-likeness (QED) is 0.661. The van der Waals surface area contributed by atoms with Gasteiger partial charge >= 0.3 is 0 Å². The maximum atomic E-state index is 12.3. The predicted octanol–water partition coefficient (Wildman–Crippen LogP) is 1.41. The van der Waals surface area contributed by atoms with Crippen LogP contribution in [0.1, 0.15) is 47.9 Å². The van der Waals surface area contributed by atoms with E-state index in [9.17, 15) is 4.79 Å². The van der Waals surface area contributed by atoms with Crippen LogP contribution in [0.5, 0.6) is 0 Å². The largest absolute Gasteiger partial charge is 0.382 e. The number of ether oxygens (including phenoxy) is 1. The van der Waals surface area contributed by atoms with Gasteiger partial charge in [-0.2, -0.15) is 5.10 Å². The van der Waals surface area contributed by atoms with Gasteiger partial charge in [-0.15, -0.1) is 12.4 Å². The zero-order chi connectivity index (χ0) is 14.7. The Morgan fingerprint density at radius 2 is 2.27 bits per heavy atom. The van der Waals surface area contributed by atoms with Crippen molar-refractivity contribution in [3.05, 3.63) is 17.0 Å². The molecule has 0 aromatic carbocycles. The van der Waals surface area contributed by atoms with Crippen molar-refractivity contribution in [2.45, 2.75) is 39.2 Å². The molecule has 1 aliphatic carbocycles. The molecule has 0 bridgehead atoms. The van der Waals surface area contributed by atoms with Crippen molar-refractivity contribution in [1.82, 2.24) is 20.8 Å². The van der Waals surface area contributed by atoms with E-state index >= 15 is 0 Å². The Labute approximate surface area is 137 Å². The van der Waals surface area contributed by atoms with Crippen molar-refractivity contribution in [3.63, 3.8) is 0 Å². The SMILES string of the molecule is CCOCCC1(CNC(=O)c2n[nH]c3c2CNCC3)CC1.Cl. The first kappa shape index (κ1) is 17.2. The lowest BCUT2D eigenvalue weighted by Gasteiger charge is -2.16. The minimum atomic E-state index is -0.0566. The molecule has 22 heavy (non-hydrogen) atoms. The third kappa shape index (κ3) is 3.80. The number of nitrogens with one attached hydrogen (secondary N) is 3. The Morgan fingerprint density at radius 1 is 1.45 bits per heavy atom. The van der Waals surface area contributed by atoms with E-state index < -0.39 is 0 Å². The monoisotopic (exact) mass is 328 g/mol. The van der Waals surface area contributed by atoms with Crippen molar-refractivity contribution in [2.24, 2.45) is 5.41 Å². The van der Waals surface area contributed by atoms with Gasteiger partial charge in [0.2, 0.25) is 0 Å². The highest BCUT2D eigenvalue weighted by Crippen LogP contribution is 2.48. The van der Waals surface area contributed by atoms with E-state index in [0.29, 0.717) is 5.69 Å². The first-order valence-corrected chi connectivity index (χ1v) is 7.87. The number of hydrogen-bond donors (Lipinski definition) is 3. The maximum absolute atomic E-state index is 12.3. The third-order valence-electron chi connectivity index (χ3n) is 4.58. The maximum Gasteiger partial charge on any atom is 0.272 e. The number of hydrogen-bond acceptors (Lipinski definition) is 4. The van der Waals surface area contributed by atoms with Gasteiger partial charge in [-0.1, -0.05) is 0 Å². The molecule has 1 aliphatic heterocycles. The number of halogens is 1. The standard InChI is InChI=1S/C15H24N4O2.ClH/c1-2-21-8-6-15(4-5-15)10-17-14(20)13-11-9-16-7-3-12(11)18-19-13;/h16H,2-10H2,1H3,(H,17,20)(H,18,19);1H. The third-order valence-corrected chi connectivity index (χ3v) is 4.58. The summed E-state index contributed by atoms with van der Waals surface area (Å²) in [5.41, 5.74) is 2.94. The van der Waals surface area contributed by atoms with Crippen molar-refractivity contribution in [3.8, 4) is 0 Å². The first-order valence-electron chi connectivity index (χ1n) is 7.87. The average Bonchev–Trinajstić information content (AvgIpc) is 3.14. The Kier molecular flexibility index (Phi) is 5.83. The summed E-state index contributed by atoms with van der Waals surface area (Å²) in [6.07, 6.45) is 4.30. The van der Waals surface area contributed by atoms with E-state index in [1.54, 1.807) is 0 Å². The van der Waals surface area contributed by atoms with Crippen LogP contribution in [-0.2, 0) is 17.7 Å². The highest BCUT2D eigenvalue weighted by atomic mass is 35.5. The van der Waals surface area contributed by atoms with Gasteiger partial charge in [0.15, 0.2) is 5.69 Å². The Bertz CT molecular complexity index is 514. The Morgan fingerprint density at radius 3 is 3.00 bits per heavy atom. The van der Waals surface area contributed by atoms with Crippen LogP contribution in [0.4, 0.5) is 0 Å². The van der Waals surface area contributed by atoms with Gasteiger partial charge in [0.1, 0.15) is 0 Å². The second-order valence-electron chi connectivity index (χ2n) is 6.09. The highest BCUT2D eigenvalue weighted by molar-refractivity contribution is 5.94. The second kappa shape index (κ2) is 7.44. The number of carbonyl (C=O) groups excluding carboxylic acids is 1. The molecular formula is C15H25ClN4O2. The van der Waals surface area contributed by atoms with Gasteiger partial charge in [0, 0.05) is 50.5 Å². The van der Waals surface area contributed by atoms with Gasteiger partial charge in [-0.05, 0) is 31.6 Å². The molecule has 1 amide bonds. The molecule has 0 spiro atoms. The predicted molar refractivity (Wildman–Crippen MR) is 86.4 cm³/mol. The zero-order valence-electron chi connectivity index (χ0n) is 13.0. The molecule has 0 saturated heterocycles. The molecule has 3 rings (SSSR count). The van der Waals surface area contributed by atoms with Crippen molar-refractivity contribution in [2.75, 3.05) is 26.3 Å². The Balaban J connectivity index is 0.00000176. The lowest BCUT2D eigenvalue weighted by atomic mass is 10.0. The number of rotatable bonds is 7. The summed E-state index contributed by atoms with van der Waals surface area (Å²) in [4.78, 5) is 12.3. The number of nitrogens with zero attached hydrogens (tertiary/aromatic N) is 1. The van der Waals surface area contributed by atoms with E-state index in [1.165, 1.54) is 12.8 Å². The molecule has 2 aliphatic rings. The molecule has 3 N–H and O–H groups in total. The number of H-pyrrole nitrogens is 1. The van der Waals surface area contributed by atoms with Crippen LogP contribution < -0.4 is 10.6 Å². The van der Waals surface area contributed by atoms with Crippen molar-refractivity contribution >= 4 is 18.3 Å². The van der Waals surface area contributed by atoms with E-state index in [0.717, 1.165) is 56.9 Å². The molecular weight excluding hydrogens is 304 g/mol. The molecule has 6 nitrogen and oxygen atoms in total. The lowest BCUT2D eigenvalue weighted by Crippen LogP contribution is -2.32. The number of fused-ring (bicyclic) bond motifs is 1. The number of carbonyl (C=O) groups is 1. The summed E-state index contributed by atoms with van der Waals surface area (Å²) < 4.78 is 5.42. The van der Waals surface area contributed by atoms with E-state index in [2.05, 4.69) is 20.8 Å². The molecule has 1 saturated carbocycles. The summed E-state index contributed by atoms with van der Waals surface area (Å²) >= 11 is 0. The average molecular weight is 329 g/mol. The van der Waals surface area contributed by atoms with Crippen LogP contribution in [0.15, 0.2) is 0 Å². The zero-order valence-corrected chi connectivity index (χ0v) is 13.9. The van der Waals surface area contributed by atoms with Gasteiger partial charge in [0.25, 0.3) is 5.91 Å². The van der Waals surface area contributed by atoms with Gasteiger partial charge < -0.3 is 15.4 Å². The van der Waals surface area contributed by atoms with E-state index in [1.807, 2.05) is 6.92 Å². The molecule has 0 radical (unpaired) electrons. The summed E-state index contributed by atoms with van der Waals surface area (Å²) in [6, 6.07) is 0. The summed E-state index contributed by atoms with van der Waals surface area (Å²) in [5.74, 6) is -0.0566. The normalized spacial score (nSPS) is 18.2. The first-order chi connectivity index (χ1) is 10.2. The molecule has 0 atom stereocenters. The fourth-order valence-corrected chi connectivity index (χ4v) is 2.89. The van der Waals surface area contributed by atoms with Crippen molar-refractivity contribution in [1.29, 1.82) is 0 Å².